The van der Waals surface area contributed by atoms with Gasteiger partial charge in [0.05, 0.1) is 17.8 Å². The number of aromatic nitrogens is 1. The molecule has 0 unspecified atom stereocenters. The van der Waals surface area contributed by atoms with Crippen LogP contribution in [0.4, 0.5) is 5.69 Å². The molecule has 2 heterocycles. The minimum Gasteiger partial charge on any atom is -0.466 e. The molecule has 1 aromatic carbocycles. The van der Waals surface area contributed by atoms with E-state index in [1.165, 1.54) is 13.3 Å². The van der Waals surface area contributed by atoms with E-state index in [0.29, 0.717) is 32.4 Å². The number of nitrogens with zero attached hydrogens (tertiary/aromatic N) is 1. The average Bonchev–Trinajstić information content (AvgIpc) is 2.91. The van der Waals surface area contributed by atoms with Crippen LogP contribution in [0.2, 0.25) is 10.0 Å². The van der Waals surface area contributed by atoms with Gasteiger partial charge in [-0.1, -0.05) is 29.3 Å². The van der Waals surface area contributed by atoms with Crippen molar-refractivity contribution in [3.05, 3.63) is 51.6 Å². The molecule has 0 aliphatic carbocycles. The summed E-state index contributed by atoms with van der Waals surface area (Å²) in [6, 6.07) is 6.72. The van der Waals surface area contributed by atoms with Crippen molar-refractivity contribution >= 4 is 52.4 Å². The van der Waals surface area contributed by atoms with Gasteiger partial charge in [0.25, 0.3) is 5.91 Å². The van der Waals surface area contributed by atoms with Gasteiger partial charge in [-0.3, -0.25) is 4.79 Å². The number of ether oxygens (including phenoxy) is 2. The van der Waals surface area contributed by atoms with Gasteiger partial charge in [0.1, 0.15) is 0 Å². The van der Waals surface area contributed by atoms with Crippen molar-refractivity contribution in [2.45, 2.75) is 19.4 Å². The lowest BCUT2D eigenvalue weighted by Gasteiger charge is -2.23. The number of carbonyl (C=O) groups excluding carboxylic acids is 2. The van der Waals surface area contributed by atoms with Gasteiger partial charge in [0.2, 0.25) is 11.5 Å². The highest BCUT2D eigenvalue weighted by Gasteiger charge is 2.33. The molecule has 2 aromatic rings. The van der Waals surface area contributed by atoms with Crippen LogP contribution >= 0.6 is 23.2 Å². The van der Waals surface area contributed by atoms with Crippen LogP contribution in [0.25, 0.3) is 11.6 Å². The Hall–Kier alpha value is -2.57. The zero-order valence-corrected chi connectivity index (χ0v) is 16.3. The second kappa shape index (κ2) is 7.21. The van der Waals surface area contributed by atoms with E-state index in [9.17, 15) is 9.59 Å². The Morgan fingerprint density at radius 3 is 2.67 bits per heavy atom. The van der Waals surface area contributed by atoms with Crippen molar-refractivity contribution in [2.24, 2.45) is 0 Å². The predicted molar refractivity (Wildman–Crippen MR) is 104 cm³/mol. The van der Waals surface area contributed by atoms with Gasteiger partial charge >= 0.3 is 5.97 Å². The van der Waals surface area contributed by atoms with Gasteiger partial charge in [-0.2, -0.15) is 0 Å². The van der Waals surface area contributed by atoms with Crippen LogP contribution in [-0.2, 0) is 14.3 Å². The zero-order valence-electron chi connectivity index (χ0n) is 14.8. The summed E-state index contributed by atoms with van der Waals surface area (Å²) in [4.78, 5) is 28.5. The molecule has 3 rings (SSSR count). The fraction of sp³-hybridized carbons (Fsp3) is 0.211. The maximum atomic E-state index is 12.4. The number of hydrogen-bond donors (Lipinski definition) is 1. The largest absolute Gasteiger partial charge is 0.466 e. The summed E-state index contributed by atoms with van der Waals surface area (Å²) in [5.41, 5.74) is 0.902. The highest BCUT2D eigenvalue weighted by Crippen LogP contribution is 2.36. The summed E-state index contributed by atoms with van der Waals surface area (Å²) in [5, 5.41) is 3.64. The average molecular weight is 407 g/mol. The first-order valence-corrected chi connectivity index (χ1v) is 8.73. The third kappa shape index (κ3) is 3.91. The van der Waals surface area contributed by atoms with E-state index in [-0.39, 0.29) is 11.8 Å². The van der Waals surface area contributed by atoms with Gasteiger partial charge < -0.3 is 14.8 Å². The molecule has 1 amide bonds. The number of hydrogen-bond acceptors (Lipinski definition) is 5. The number of anilines is 1. The normalized spacial score (nSPS) is 14.7. The molecular weight excluding hydrogens is 391 g/mol. The molecule has 6 nitrogen and oxygen atoms in total. The molecule has 0 spiro atoms. The van der Waals surface area contributed by atoms with Crippen molar-refractivity contribution in [2.75, 3.05) is 12.4 Å². The molecule has 0 radical (unpaired) electrons. The number of benzene rings is 1. The molecular formula is C19H16Cl2N2O4. The fourth-order valence-electron chi connectivity index (χ4n) is 2.63. The van der Waals surface area contributed by atoms with Crippen LogP contribution in [0.5, 0.6) is 5.88 Å². The van der Waals surface area contributed by atoms with E-state index < -0.39 is 11.6 Å². The Kier molecular flexibility index (Phi) is 5.13. The van der Waals surface area contributed by atoms with E-state index in [4.69, 9.17) is 32.7 Å². The first-order chi connectivity index (χ1) is 12.7. The fourth-order valence-corrected chi connectivity index (χ4v) is 2.96. The molecule has 1 aliphatic heterocycles. The van der Waals surface area contributed by atoms with Gasteiger partial charge in [0, 0.05) is 27.9 Å². The second-order valence-corrected chi connectivity index (χ2v) is 7.23. The Balaban J connectivity index is 2.06. The Morgan fingerprint density at radius 2 is 1.96 bits per heavy atom. The first-order valence-electron chi connectivity index (χ1n) is 7.97. The Bertz CT molecular complexity index is 970. The number of fused-ring (bicyclic) bond motifs is 1. The Morgan fingerprint density at radius 1 is 1.22 bits per heavy atom. The zero-order chi connectivity index (χ0) is 19.8. The van der Waals surface area contributed by atoms with Crippen LogP contribution in [-0.4, -0.2) is 29.6 Å². The summed E-state index contributed by atoms with van der Waals surface area (Å²) in [6.45, 7) is 3.12. The van der Waals surface area contributed by atoms with Crippen molar-refractivity contribution in [3.8, 4) is 5.88 Å². The number of carbonyl (C=O) groups is 2. The van der Waals surface area contributed by atoms with Gasteiger partial charge in [-0.05, 0) is 38.1 Å². The highest BCUT2D eigenvalue weighted by atomic mass is 35.5. The lowest BCUT2D eigenvalue weighted by molar-refractivity contribution is -0.156. The lowest BCUT2D eigenvalue weighted by Crippen LogP contribution is -2.39. The smallest absolute Gasteiger partial charge is 0.349 e. The molecule has 140 valence electrons. The molecule has 0 saturated carbocycles. The number of pyridine rings is 1. The van der Waals surface area contributed by atoms with Gasteiger partial charge in [-0.15, -0.1) is 0 Å². The third-order valence-corrected chi connectivity index (χ3v) is 4.38. The summed E-state index contributed by atoms with van der Waals surface area (Å²) < 4.78 is 10.5. The predicted octanol–water partition coefficient (Wildman–Crippen LogP) is 4.21. The summed E-state index contributed by atoms with van der Waals surface area (Å²) >= 11 is 12.0. The van der Waals surface area contributed by atoms with Crippen molar-refractivity contribution in [3.63, 3.8) is 0 Å². The summed E-state index contributed by atoms with van der Waals surface area (Å²) in [7, 11) is 1.27. The molecule has 1 aromatic heterocycles. The van der Waals surface area contributed by atoms with Crippen LogP contribution in [0.3, 0.4) is 0 Å². The van der Waals surface area contributed by atoms with Gasteiger partial charge in [0.15, 0.2) is 0 Å². The lowest BCUT2D eigenvalue weighted by atomic mass is 10.0. The van der Waals surface area contributed by atoms with Crippen molar-refractivity contribution in [1.29, 1.82) is 0 Å². The molecule has 1 N–H and O–H groups in total. The second-order valence-electron chi connectivity index (χ2n) is 6.35. The SMILES string of the molecule is COC(=O)C(C)(C)Oc1ncc(Cl)cc1/C=C1\C(=O)Nc2cc(Cl)ccc21. The van der Waals surface area contributed by atoms with E-state index in [1.54, 1.807) is 44.2 Å². The van der Waals surface area contributed by atoms with Crippen LogP contribution in [0, 0.1) is 0 Å². The summed E-state index contributed by atoms with van der Waals surface area (Å²) in [6.07, 6.45) is 3.01. The number of nitrogens with one attached hydrogen (secondary N) is 1. The molecule has 0 atom stereocenters. The summed E-state index contributed by atoms with van der Waals surface area (Å²) in [5.74, 6) is -0.695. The third-order valence-electron chi connectivity index (χ3n) is 3.94. The van der Waals surface area contributed by atoms with Crippen LogP contribution < -0.4 is 10.1 Å². The Labute approximate surface area is 166 Å². The number of esters is 1. The monoisotopic (exact) mass is 406 g/mol. The van der Waals surface area contributed by atoms with E-state index >= 15 is 0 Å². The quantitative estimate of drug-likeness (QED) is 0.607. The van der Waals surface area contributed by atoms with E-state index in [1.807, 2.05) is 0 Å². The maximum absolute atomic E-state index is 12.4. The first kappa shape index (κ1) is 19.2. The van der Waals surface area contributed by atoms with Crippen molar-refractivity contribution in [1.82, 2.24) is 4.98 Å². The molecule has 0 saturated heterocycles. The van der Waals surface area contributed by atoms with Crippen LogP contribution in [0.15, 0.2) is 30.5 Å². The number of methoxy groups -OCH3 is 1. The minimum absolute atomic E-state index is 0.150. The highest BCUT2D eigenvalue weighted by molar-refractivity contribution is 6.37. The molecule has 8 heteroatoms. The topological polar surface area (TPSA) is 77.5 Å². The molecule has 0 fully saturated rings. The number of amides is 1. The van der Waals surface area contributed by atoms with E-state index in [0.717, 1.165) is 0 Å². The standard InChI is InChI=1S/C19H16Cl2N2O4/c1-19(2,18(25)26-3)27-17-10(6-12(21)9-22-17)7-14-13-5-4-11(20)8-15(13)23-16(14)24/h4-9H,1-3H3,(H,23,24)/b14-7-. The molecule has 27 heavy (non-hydrogen) atoms. The number of halogens is 2. The maximum Gasteiger partial charge on any atom is 0.349 e. The van der Waals surface area contributed by atoms with E-state index in [2.05, 4.69) is 10.3 Å². The molecule has 0 bridgehead atoms. The molecule has 1 aliphatic rings. The number of rotatable bonds is 4. The minimum atomic E-state index is -1.27. The van der Waals surface area contributed by atoms with Crippen LogP contribution in [0.1, 0.15) is 25.0 Å². The van der Waals surface area contributed by atoms with Crippen molar-refractivity contribution < 1.29 is 19.1 Å². The van der Waals surface area contributed by atoms with Gasteiger partial charge in [-0.25, -0.2) is 9.78 Å².